The molecule has 0 fully saturated rings. The Labute approximate surface area is 185 Å². The van der Waals surface area contributed by atoms with E-state index in [9.17, 15) is 8.42 Å². The van der Waals surface area contributed by atoms with Gasteiger partial charge in [-0.1, -0.05) is 31.2 Å². The van der Waals surface area contributed by atoms with Crippen LogP contribution in [0.5, 0.6) is 0 Å². The minimum absolute atomic E-state index is 0.0372. The molecule has 0 aliphatic rings. The fraction of sp³-hybridized carbons (Fsp3) is 0.182. The molecule has 3 N–H and O–H groups in total. The van der Waals surface area contributed by atoms with E-state index >= 15 is 0 Å². The van der Waals surface area contributed by atoms with Crippen LogP contribution in [0.3, 0.4) is 0 Å². The Hall–Kier alpha value is -3.63. The summed E-state index contributed by atoms with van der Waals surface area (Å²) >= 11 is 0. The molecular formula is C22H22N6O3S. The average Bonchev–Trinajstić information content (AvgIpc) is 3.30. The van der Waals surface area contributed by atoms with E-state index in [1.165, 1.54) is 6.20 Å². The molecule has 9 nitrogen and oxygen atoms in total. The second-order valence-corrected chi connectivity index (χ2v) is 9.34. The number of anilines is 1. The second-order valence-electron chi connectivity index (χ2n) is 7.06. The van der Waals surface area contributed by atoms with E-state index in [-0.39, 0.29) is 28.1 Å². The molecule has 0 atom stereocenters. The molecule has 10 heteroatoms. The molecule has 2 aromatic heterocycles. The van der Waals surface area contributed by atoms with Gasteiger partial charge in [0.15, 0.2) is 21.3 Å². The van der Waals surface area contributed by atoms with Crippen LogP contribution in [0.25, 0.3) is 34.3 Å². The Morgan fingerprint density at radius 1 is 1.03 bits per heavy atom. The van der Waals surface area contributed by atoms with Crippen molar-refractivity contribution in [1.29, 1.82) is 0 Å². The quantitative estimate of drug-likeness (QED) is 0.435. The molecule has 0 spiro atoms. The van der Waals surface area contributed by atoms with Crippen molar-refractivity contribution in [1.82, 2.24) is 25.5 Å². The highest BCUT2D eigenvalue weighted by molar-refractivity contribution is 7.91. The first-order chi connectivity index (χ1) is 15.4. The van der Waals surface area contributed by atoms with Crippen LogP contribution in [-0.4, -0.2) is 41.4 Å². The van der Waals surface area contributed by atoms with Crippen LogP contribution >= 0.6 is 0 Å². The van der Waals surface area contributed by atoms with E-state index in [4.69, 9.17) is 10.2 Å². The largest absolute Gasteiger partial charge is 0.414 e. The average molecular weight is 451 g/mol. The first-order valence-electron chi connectivity index (χ1n) is 9.94. The molecule has 0 unspecified atom stereocenters. The minimum atomic E-state index is -3.28. The van der Waals surface area contributed by atoms with Gasteiger partial charge < -0.3 is 15.5 Å². The van der Waals surface area contributed by atoms with Crippen molar-refractivity contribution in [3.8, 4) is 34.3 Å². The zero-order valence-electron chi connectivity index (χ0n) is 17.6. The number of benzene rings is 2. The number of sulfone groups is 1. The summed E-state index contributed by atoms with van der Waals surface area (Å²) in [4.78, 5) is 8.99. The van der Waals surface area contributed by atoms with Crippen LogP contribution in [0.1, 0.15) is 12.5 Å². The summed E-state index contributed by atoms with van der Waals surface area (Å²) in [6.07, 6.45) is 1.51. The fourth-order valence-corrected chi connectivity index (χ4v) is 4.03. The number of rotatable bonds is 7. The molecule has 0 saturated carbocycles. The lowest BCUT2D eigenvalue weighted by Gasteiger charge is -2.06. The van der Waals surface area contributed by atoms with Gasteiger partial charge in [-0.05, 0) is 36.9 Å². The zero-order valence-corrected chi connectivity index (χ0v) is 18.4. The number of nitrogens with one attached hydrogen (secondary N) is 1. The molecule has 0 bridgehead atoms. The number of nitrogens with zero attached hydrogens (tertiary/aromatic N) is 4. The van der Waals surface area contributed by atoms with Crippen LogP contribution in [0.2, 0.25) is 0 Å². The highest BCUT2D eigenvalue weighted by Gasteiger charge is 2.18. The molecule has 0 aliphatic carbocycles. The van der Waals surface area contributed by atoms with Gasteiger partial charge in [-0.15, -0.1) is 10.2 Å². The van der Waals surface area contributed by atoms with Crippen LogP contribution in [0.4, 0.5) is 5.82 Å². The Kier molecular flexibility index (Phi) is 5.97. The molecule has 32 heavy (non-hydrogen) atoms. The van der Waals surface area contributed by atoms with Crippen LogP contribution in [0, 0.1) is 0 Å². The Balaban J connectivity index is 1.66. The smallest absolute Gasteiger partial charge is 0.270 e. The van der Waals surface area contributed by atoms with Gasteiger partial charge in [0, 0.05) is 17.7 Å². The summed E-state index contributed by atoms with van der Waals surface area (Å²) in [6.45, 7) is 2.32. The number of hydrogen-bond donors (Lipinski definition) is 2. The molecule has 164 valence electrons. The van der Waals surface area contributed by atoms with Crippen LogP contribution < -0.4 is 11.1 Å². The summed E-state index contributed by atoms with van der Waals surface area (Å²) in [5.41, 5.74) is 9.34. The molecule has 0 radical (unpaired) electrons. The summed E-state index contributed by atoms with van der Waals surface area (Å²) < 4.78 is 29.9. The molecule has 0 aliphatic heterocycles. The van der Waals surface area contributed by atoms with Crippen molar-refractivity contribution in [3.05, 3.63) is 60.3 Å². The van der Waals surface area contributed by atoms with Crippen molar-refractivity contribution in [2.75, 3.05) is 18.5 Å². The predicted octanol–water partition coefficient (Wildman–Crippen LogP) is 2.96. The number of hydrogen-bond acceptors (Lipinski definition) is 9. The zero-order chi connectivity index (χ0) is 22.7. The van der Waals surface area contributed by atoms with Gasteiger partial charge in [0.1, 0.15) is 0 Å². The van der Waals surface area contributed by atoms with E-state index in [0.717, 1.165) is 11.1 Å². The van der Waals surface area contributed by atoms with E-state index in [1.54, 1.807) is 31.2 Å². The van der Waals surface area contributed by atoms with Gasteiger partial charge >= 0.3 is 0 Å². The number of nitrogen functional groups attached to an aromatic ring is 1. The third-order valence-electron chi connectivity index (χ3n) is 4.87. The summed E-state index contributed by atoms with van der Waals surface area (Å²) in [6, 6.07) is 14.2. The lowest BCUT2D eigenvalue weighted by molar-refractivity contribution is 0.582. The van der Waals surface area contributed by atoms with E-state index in [1.807, 2.05) is 31.3 Å². The number of aromatic nitrogens is 4. The molecule has 2 heterocycles. The van der Waals surface area contributed by atoms with Crippen molar-refractivity contribution >= 4 is 15.7 Å². The Bertz CT molecular complexity index is 1350. The van der Waals surface area contributed by atoms with E-state index in [2.05, 4.69) is 25.5 Å². The van der Waals surface area contributed by atoms with E-state index in [0.29, 0.717) is 23.7 Å². The second kappa shape index (κ2) is 8.85. The maximum atomic E-state index is 12.0. The maximum absolute atomic E-state index is 12.0. The normalized spacial score (nSPS) is 11.6. The lowest BCUT2D eigenvalue weighted by atomic mass is 10.1. The standard InChI is InChI=1S/C22H22N6O3S/c1-3-32(29,30)17-9-7-15(8-10-17)18-13-25-20(23)19(26-18)22-28-27-21(31-22)16-6-4-5-14(11-16)12-24-2/h4-11,13,24H,3,12H2,1-2H3,(H2,23,25). The van der Waals surface area contributed by atoms with Crippen molar-refractivity contribution in [2.45, 2.75) is 18.4 Å². The van der Waals surface area contributed by atoms with Crippen molar-refractivity contribution < 1.29 is 12.8 Å². The predicted molar refractivity (Wildman–Crippen MR) is 121 cm³/mol. The van der Waals surface area contributed by atoms with Gasteiger partial charge in [0.25, 0.3) is 5.89 Å². The van der Waals surface area contributed by atoms with Crippen LogP contribution in [0.15, 0.2) is 64.0 Å². The SMILES string of the molecule is CCS(=O)(=O)c1ccc(-c2cnc(N)c(-c3nnc(-c4cccc(CNC)c4)o3)n2)cc1. The topological polar surface area (TPSA) is 137 Å². The highest BCUT2D eigenvalue weighted by Crippen LogP contribution is 2.28. The number of nitrogens with two attached hydrogens (primary N) is 1. The van der Waals surface area contributed by atoms with Gasteiger partial charge in [0.05, 0.1) is 22.5 Å². The van der Waals surface area contributed by atoms with Gasteiger partial charge in [-0.3, -0.25) is 0 Å². The monoisotopic (exact) mass is 450 g/mol. The lowest BCUT2D eigenvalue weighted by Crippen LogP contribution is -2.04. The van der Waals surface area contributed by atoms with Gasteiger partial charge in [0.2, 0.25) is 5.89 Å². The Morgan fingerprint density at radius 3 is 2.50 bits per heavy atom. The van der Waals surface area contributed by atoms with Crippen LogP contribution in [-0.2, 0) is 16.4 Å². The highest BCUT2D eigenvalue weighted by atomic mass is 32.2. The summed E-state index contributed by atoms with van der Waals surface area (Å²) in [5.74, 6) is 0.683. The van der Waals surface area contributed by atoms with Gasteiger partial charge in [-0.25, -0.2) is 18.4 Å². The first-order valence-corrected chi connectivity index (χ1v) is 11.6. The van der Waals surface area contributed by atoms with Crippen molar-refractivity contribution in [3.63, 3.8) is 0 Å². The summed E-state index contributed by atoms with van der Waals surface area (Å²) in [7, 11) is -1.40. The molecule has 0 amide bonds. The first kappa shape index (κ1) is 21.6. The molecule has 4 aromatic rings. The maximum Gasteiger partial charge on any atom is 0.270 e. The van der Waals surface area contributed by atoms with Crippen molar-refractivity contribution in [2.24, 2.45) is 0 Å². The minimum Gasteiger partial charge on any atom is -0.414 e. The van der Waals surface area contributed by atoms with Gasteiger partial charge in [-0.2, -0.15) is 0 Å². The molecule has 4 rings (SSSR count). The third-order valence-corrected chi connectivity index (χ3v) is 6.62. The molecular weight excluding hydrogens is 428 g/mol. The molecule has 2 aromatic carbocycles. The molecule has 0 saturated heterocycles. The summed E-state index contributed by atoms with van der Waals surface area (Å²) in [5, 5.41) is 11.3. The fourth-order valence-electron chi connectivity index (χ4n) is 3.15. The Morgan fingerprint density at radius 2 is 1.78 bits per heavy atom. The van der Waals surface area contributed by atoms with E-state index < -0.39 is 9.84 Å². The third kappa shape index (κ3) is 4.36.